The van der Waals surface area contributed by atoms with Crippen LogP contribution in [0.4, 0.5) is 0 Å². The Kier molecular flexibility index (Phi) is 6.20. The van der Waals surface area contributed by atoms with E-state index in [-0.39, 0.29) is 5.78 Å². The monoisotopic (exact) mass is 236 g/mol. The van der Waals surface area contributed by atoms with Gasteiger partial charge in [0.25, 0.3) is 0 Å². The molecule has 0 atom stereocenters. The first-order valence-electron chi connectivity index (χ1n) is 6.70. The Morgan fingerprint density at radius 2 is 1.65 bits per heavy atom. The number of hydrogen-bond donors (Lipinski definition) is 0. The van der Waals surface area contributed by atoms with Crippen molar-refractivity contribution in [1.29, 1.82) is 0 Å². The summed E-state index contributed by atoms with van der Waals surface area (Å²) in [5.41, 5.74) is -0.760. The molecule has 2 nitrogen and oxygen atoms in total. The highest BCUT2D eigenvalue weighted by molar-refractivity contribution is 5.92. The van der Waals surface area contributed by atoms with E-state index >= 15 is 0 Å². The number of ketones is 1. The zero-order chi connectivity index (χ0) is 12.6. The third-order valence-corrected chi connectivity index (χ3v) is 3.33. The summed E-state index contributed by atoms with van der Waals surface area (Å²) in [4.78, 5) is 12.1. The highest BCUT2D eigenvalue weighted by atomic mass is 16.5. The summed E-state index contributed by atoms with van der Waals surface area (Å²) in [6.07, 6.45) is 15.3. The molecule has 1 aliphatic carbocycles. The molecule has 0 aliphatic heterocycles. The van der Waals surface area contributed by atoms with E-state index < -0.39 is 5.60 Å². The van der Waals surface area contributed by atoms with Crippen molar-refractivity contribution in [2.24, 2.45) is 0 Å². The highest BCUT2D eigenvalue weighted by Gasteiger charge is 2.33. The molecule has 0 bridgehead atoms. The van der Waals surface area contributed by atoms with Gasteiger partial charge in [-0.2, -0.15) is 0 Å². The van der Waals surface area contributed by atoms with Crippen LogP contribution in [0.15, 0.2) is 24.3 Å². The van der Waals surface area contributed by atoms with Crippen LogP contribution in [0.5, 0.6) is 0 Å². The van der Waals surface area contributed by atoms with Gasteiger partial charge in [-0.1, -0.05) is 51.2 Å². The van der Waals surface area contributed by atoms with Crippen LogP contribution in [0.1, 0.15) is 51.9 Å². The number of Topliss-reactive ketones (excluding diaryl/α,β-unsaturated/α-hetero) is 1. The maximum atomic E-state index is 12.1. The van der Waals surface area contributed by atoms with Crippen molar-refractivity contribution in [2.45, 2.75) is 57.5 Å². The summed E-state index contributed by atoms with van der Waals surface area (Å²) in [6.45, 7) is 2.21. The first kappa shape index (κ1) is 14.2. The average molecular weight is 236 g/mol. The molecule has 0 N–H and O–H groups in total. The Bertz CT molecular complexity index is 277. The van der Waals surface area contributed by atoms with Crippen LogP contribution in [0.3, 0.4) is 0 Å². The van der Waals surface area contributed by atoms with Crippen LogP contribution < -0.4 is 0 Å². The molecule has 2 heteroatoms. The number of hydrogen-bond acceptors (Lipinski definition) is 2. The first-order valence-corrected chi connectivity index (χ1v) is 6.70. The second kappa shape index (κ2) is 7.44. The third-order valence-electron chi connectivity index (χ3n) is 3.33. The first-order chi connectivity index (χ1) is 8.25. The predicted octanol–water partition coefficient (Wildman–Crippen LogP) is 3.82. The summed E-state index contributed by atoms with van der Waals surface area (Å²) in [5.74, 6) is 0.181. The number of carbonyl (C=O) groups is 1. The van der Waals surface area contributed by atoms with Crippen LogP contribution in [0.25, 0.3) is 0 Å². The molecular formula is C15H24O2. The van der Waals surface area contributed by atoms with Crippen molar-refractivity contribution in [3.8, 4) is 0 Å². The van der Waals surface area contributed by atoms with Gasteiger partial charge in [0.2, 0.25) is 0 Å². The lowest BCUT2D eigenvalue weighted by Gasteiger charge is -2.21. The van der Waals surface area contributed by atoms with E-state index in [1.165, 1.54) is 25.7 Å². The quantitative estimate of drug-likeness (QED) is 0.569. The van der Waals surface area contributed by atoms with Crippen molar-refractivity contribution in [2.75, 3.05) is 7.11 Å². The van der Waals surface area contributed by atoms with Gasteiger partial charge < -0.3 is 4.74 Å². The van der Waals surface area contributed by atoms with E-state index in [1.807, 2.05) is 24.3 Å². The van der Waals surface area contributed by atoms with Crippen molar-refractivity contribution >= 4 is 5.78 Å². The lowest BCUT2D eigenvalue weighted by molar-refractivity contribution is -0.131. The van der Waals surface area contributed by atoms with Crippen molar-refractivity contribution in [3.63, 3.8) is 0 Å². The number of allylic oxidation sites excluding steroid dienone is 2. The minimum absolute atomic E-state index is 0.181. The Hall–Kier alpha value is -0.890. The minimum Gasteiger partial charge on any atom is -0.362 e. The molecule has 0 aromatic rings. The largest absolute Gasteiger partial charge is 0.362 e. The van der Waals surface area contributed by atoms with E-state index in [0.717, 1.165) is 12.8 Å². The SMILES string of the molecule is CCCCCCCCC(=O)C1(OC)C=CC=C1. The Morgan fingerprint density at radius 3 is 2.24 bits per heavy atom. The molecule has 0 amide bonds. The smallest absolute Gasteiger partial charge is 0.172 e. The maximum Gasteiger partial charge on any atom is 0.172 e. The topological polar surface area (TPSA) is 26.3 Å². The number of carbonyl (C=O) groups excluding carboxylic acids is 1. The second-order valence-electron chi connectivity index (χ2n) is 4.66. The van der Waals surface area contributed by atoms with Gasteiger partial charge in [0.05, 0.1) is 0 Å². The fraction of sp³-hybridized carbons (Fsp3) is 0.667. The molecule has 0 fully saturated rings. The van der Waals surface area contributed by atoms with Gasteiger partial charge in [0.15, 0.2) is 11.4 Å². The summed E-state index contributed by atoms with van der Waals surface area (Å²) >= 11 is 0. The van der Waals surface area contributed by atoms with Gasteiger partial charge in [-0.3, -0.25) is 4.79 Å². The van der Waals surface area contributed by atoms with Gasteiger partial charge >= 0.3 is 0 Å². The average Bonchev–Trinajstić information content (AvgIpc) is 2.83. The summed E-state index contributed by atoms with van der Waals surface area (Å²) in [5, 5.41) is 0. The number of unbranched alkanes of at least 4 members (excludes halogenated alkanes) is 5. The van der Waals surface area contributed by atoms with E-state index in [9.17, 15) is 4.79 Å². The van der Waals surface area contributed by atoms with Gasteiger partial charge in [-0.05, 0) is 18.6 Å². The molecule has 0 saturated carbocycles. The fourth-order valence-electron chi connectivity index (χ4n) is 2.15. The molecule has 0 aromatic heterocycles. The van der Waals surface area contributed by atoms with Crippen LogP contribution in [0.2, 0.25) is 0 Å². The summed E-state index contributed by atoms with van der Waals surface area (Å²) in [6, 6.07) is 0. The number of ether oxygens (including phenoxy) is 1. The molecule has 1 rings (SSSR count). The number of methoxy groups -OCH3 is 1. The molecular weight excluding hydrogens is 212 g/mol. The van der Waals surface area contributed by atoms with Crippen LogP contribution in [0, 0.1) is 0 Å². The van der Waals surface area contributed by atoms with E-state index in [2.05, 4.69) is 6.92 Å². The molecule has 0 spiro atoms. The van der Waals surface area contributed by atoms with Crippen LogP contribution >= 0.6 is 0 Å². The van der Waals surface area contributed by atoms with Gasteiger partial charge in [-0.15, -0.1) is 0 Å². The van der Waals surface area contributed by atoms with Crippen LogP contribution in [-0.2, 0) is 9.53 Å². The molecule has 96 valence electrons. The zero-order valence-electron chi connectivity index (χ0n) is 11.1. The van der Waals surface area contributed by atoms with Crippen LogP contribution in [-0.4, -0.2) is 18.5 Å². The van der Waals surface area contributed by atoms with Gasteiger partial charge in [-0.25, -0.2) is 0 Å². The lowest BCUT2D eigenvalue weighted by atomic mass is 9.95. The fourth-order valence-corrected chi connectivity index (χ4v) is 2.15. The summed E-state index contributed by atoms with van der Waals surface area (Å²) in [7, 11) is 1.60. The third kappa shape index (κ3) is 4.12. The predicted molar refractivity (Wildman–Crippen MR) is 71.0 cm³/mol. The molecule has 0 saturated heterocycles. The van der Waals surface area contributed by atoms with Gasteiger partial charge in [0, 0.05) is 13.5 Å². The lowest BCUT2D eigenvalue weighted by Crippen LogP contribution is -2.35. The zero-order valence-corrected chi connectivity index (χ0v) is 11.1. The van der Waals surface area contributed by atoms with E-state index in [0.29, 0.717) is 6.42 Å². The minimum atomic E-state index is -0.760. The Labute approximate surface area is 105 Å². The molecule has 1 aliphatic rings. The standard InChI is InChI=1S/C15H24O2/c1-3-4-5-6-7-8-11-14(16)15(17-2)12-9-10-13-15/h9-10,12-13H,3-8,11H2,1-2H3. The normalized spacial score (nSPS) is 16.6. The molecule has 17 heavy (non-hydrogen) atoms. The van der Waals surface area contributed by atoms with Crippen molar-refractivity contribution in [3.05, 3.63) is 24.3 Å². The van der Waals surface area contributed by atoms with E-state index in [1.54, 1.807) is 7.11 Å². The molecule has 0 radical (unpaired) electrons. The molecule has 0 aromatic carbocycles. The highest BCUT2D eigenvalue weighted by Crippen LogP contribution is 2.23. The Morgan fingerprint density at radius 1 is 1.06 bits per heavy atom. The van der Waals surface area contributed by atoms with Crippen molar-refractivity contribution in [1.82, 2.24) is 0 Å². The Balaban J connectivity index is 2.21. The van der Waals surface area contributed by atoms with Crippen molar-refractivity contribution < 1.29 is 9.53 Å². The number of rotatable bonds is 9. The van der Waals surface area contributed by atoms with Gasteiger partial charge in [0.1, 0.15) is 0 Å². The maximum absolute atomic E-state index is 12.1. The molecule has 0 unspecified atom stereocenters. The second-order valence-corrected chi connectivity index (χ2v) is 4.66. The summed E-state index contributed by atoms with van der Waals surface area (Å²) < 4.78 is 5.33. The molecule has 0 heterocycles. The van der Waals surface area contributed by atoms with E-state index in [4.69, 9.17) is 4.74 Å².